The van der Waals surface area contributed by atoms with Gasteiger partial charge in [-0.2, -0.15) is 17.4 Å². The third-order valence-electron chi connectivity index (χ3n) is 4.31. The van der Waals surface area contributed by atoms with Crippen LogP contribution in [0, 0.1) is 0 Å². The van der Waals surface area contributed by atoms with Crippen LogP contribution >= 0.6 is 0 Å². The van der Waals surface area contributed by atoms with Gasteiger partial charge in [0.1, 0.15) is 11.8 Å². The molecule has 2 N–H and O–H groups in total. The summed E-state index contributed by atoms with van der Waals surface area (Å²) in [7, 11) is -2.34. The summed E-state index contributed by atoms with van der Waals surface area (Å²) in [4.78, 5) is 12.5. The van der Waals surface area contributed by atoms with E-state index in [2.05, 4.69) is 10.0 Å². The number of carbonyl (C=O) groups is 1. The molecule has 134 valence electrons. The molecule has 7 nitrogen and oxygen atoms in total. The molecule has 0 saturated carbocycles. The molecule has 1 amide bonds. The Morgan fingerprint density at radius 3 is 2.72 bits per heavy atom. The van der Waals surface area contributed by atoms with Crippen molar-refractivity contribution in [1.82, 2.24) is 14.3 Å². The molecular weight excluding hydrogens is 342 g/mol. The Balaban J connectivity index is 1.65. The minimum atomic E-state index is -3.75. The van der Waals surface area contributed by atoms with Crippen molar-refractivity contribution in [1.29, 1.82) is 0 Å². The molecule has 0 unspecified atom stereocenters. The van der Waals surface area contributed by atoms with Crippen LogP contribution in [0.25, 0.3) is 0 Å². The van der Waals surface area contributed by atoms with Gasteiger partial charge in [-0.15, -0.1) is 0 Å². The molecule has 1 aromatic heterocycles. The van der Waals surface area contributed by atoms with Crippen LogP contribution in [-0.2, 0) is 21.4 Å². The van der Waals surface area contributed by atoms with Crippen molar-refractivity contribution in [2.45, 2.75) is 24.9 Å². The molecule has 2 atom stereocenters. The second kappa shape index (κ2) is 7.38. The van der Waals surface area contributed by atoms with E-state index in [0.717, 1.165) is 9.87 Å². The van der Waals surface area contributed by atoms with E-state index in [-0.39, 0.29) is 5.91 Å². The second-order valence-electron chi connectivity index (χ2n) is 5.99. The van der Waals surface area contributed by atoms with E-state index in [4.69, 9.17) is 4.42 Å². The number of rotatable bonds is 5. The van der Waals surface area contributed by atoms with Crippen molar-refractivity contribution in [3.8, 4) is 0 Å². The molecule has 2 aromatic rings. The third-order valence-corrected chi connectivity index (χ3v) is 5.91. The molecule has 1 saturated heterocycles. The largest absolute Gasteiger partial charge is 0.468 e. The highest BCUT2D eigenvalue weighted by molar-refractivity contribution is 7.87. The molecule has 25 heavy (non-hydrogen) atoms. The summed E-state index contributed by atoms with van der Waals surface area (Å²) >= 11 is 0. The fraction of sp³-hybridized carbons (Fsp3) is 0.353. The lowest BCUT2D eigenvalue weighted by atomic mass is 10.0. The molecule has 1 fully saturated rings. The van der Waals surface area contributed by atoms with Gasteiger partial charge in [-0.05, 0) is 30.5 Å². The molecule has 0 spiro atoms. The van der Waals surface area contributed by atoms with Crippen LogP contribution in [0.3, 0.4) is 0 Å². The van der Waals surface area contributed by atoms with Crippen molar-refractivity contribution < 1.29 is 17.6 Å². The van der Waals surface area contributed by atoms with Gasteiger partial charge in [0, 0.05) is 13.6 Å². The minimum absolute atomic E-state index is 0.305. The Hall–Kier alpha value is -2.16. The Bertz CT molecular complexity index is 806. The van der Waals surface area contributed by atoms with Gasteiger partial charge >= 0.3 is 0 Å². The first-order valence-electron chi connectivity index (χ1n) is 8.08. The maximum absolute atomic E-state index is 12.5. The number of nitrogens with zero attached hydrogens (tertiary/aromatic N) is 1. The zero-order chi connectivity index (χ0) is 17.9. The number of hydrogen-bond donors (Lipinski definition) is 2. The molecule has 0 radical (unpaired) electrons. The Labute approximate surface area is 147 Å². The molecule has 0 bridgehead atoms. The lowest BCUT2D eigenvalue weighted by Crippen LogP contribution is -2.57. The normalized spacial score (nSPS) is 23.2. The fourth-order valence-corrected chi connectivity index (χ4v) is 4.13. The number of furan rings is 1. The van der Waals surface area contributed by atoms with Gasteiger partial charge in [0.05, 0.1) is 12.3 Å². The van der Waals surface area contributed by atoms with Gasteiger partial charge in [0.25, 0.3) is 10.2 Å². The van der Waals surface area contributed by atoms with Crippen LogP contribution in [0.15, 0.2) is 53.1 Å². The highest BCUT2D eigenvalue weighted by atomic mass is 32.2. The molecule has 1 aliphatic rings. The molecule has 2 heterocycles. The summed E-state index contributed by atoms with van der Waals surface area (Å²) in [5.74, 6) is 0.193. The average molecular weight is 363 g/mol. The van der Waals surface area contributed by atoms with Crippen molar-refractivity contribution in [2.75, 3.05) is 13.6 Å². The minimum Gasteiger partial charge on any atom is -0.468 e. The van der Waals surface area contributed by atoms with Crippen LogP contribution in [0.5, 0.6) is 0 Å². The lowest BCUT2D eigenvalue weighted by molar-refractivity contribution is -0.125. The van der Waals surface area contributed by atoms with E-state index >= 15 is 0 Å². The Morgan fingerprint density at radius 1 is 1.28 bits per heavy atom. The predicted octanol–water partition coefficient (Wildman–Crippen LogP) is 1.22. The monoisotopic (exact) mass is 363 g/mol. The predicted molar refractivity (Wildman–Crippen MR) is 92.8 cm³/mol. The molecule has 3 rings (SSSR count). The number of likely N-dealkylation sites (N-methyl/N-ethyl adjacent to an activating group) is 1. The van der Waals surface area contributed by atoms with Crippen LogP contribution < -0.4 is 10.0 Å². The van der Waals surface area contributed by atoms with Crippen molar-refractivity contribution in [3.63, 3.8) is 0 Å². The molecular formula is C17H21N3O4S. The van der Waals surface area contributed by atoms with Crippen LogP contribution in [0.4, 0.5) is 0 Å². The summed E-state index contributed by atoms with van der Waals surface area (Å²) in [6, 6.07) is 11.8. The Kier molecular flexibility index (Phi) is 5.22. The first kappa shape index (κ1) is 17.7. The third kappa shape index (κ3) is 4.09. The number of benzene rings is 1. The standard InChI is InChI=1S/C17H21N3O4S/c1-20-15(17(21)18-10-9-13-6-3-2-4-7-13)12-14(19-25(20,22)23)16-8-5-11-24-16/h2-8,11,14-15,19H,9-10,12H2,1H3,(H,18,21)/t14-,15+/m0/s1. The van der Waals surface area contributed by atoms with Gasteiger partial charge in [0.15, 0.2) is 0 Å². The first-order chi connectivity index (χ1) is 12.0. The highest BCUT2D eigenvalue weighted by Crippen LogP contribution is 2.27. The second-order valence-corrected chi connectivity index (χ2v) is 7.75. The molecule has 1 aromatic carbocycles. The van der Waals surface area contributed by atoms with Crippen LogP contribution in [-0.4, -0.2) is 38.3 Å². The number of amides is 1. The van der Waals surface area contributed by atoms with Crippen molar-refractivity contribution >= 4 is 16.1 Å². The van der Waals surface area contributed by atoms with Crippen LogP contribution in [0.2, 0.25) is 0 Å². The van der Waals surface area contributed by atoms with Gasteiger partial charge < -0.3 is 9.73 Å². The fourth-order valence-electron chi connectivity index (χ4n) is 2.88. The van der Waals surface area contributed by atoms with E-state index in [1.165, 1.54) is 13.3 Å². The molecule has 1 aliphatic heterocycles. The zero-order valence-electron chi connectivity index (χ0n) is 13.9. The number of nitrogens with one attached hydrogen (secondary N) is 2. The summed E-state index contributed by atoms with van der Waals surface area (Å²) < 4.78 is 33.5. The summed E-state index contributed by atoms with van der Waals surface area (Å²) in [6.45, 7) is 0.450. The van der Waals surface area contributed by atoms with E-state index in [0.29, 0.717) is 25.1 Å². The zero-order valence-corrected chi connectivity index (χ0v) is 14.7. The van der Waals surface area contributed by atoms with Gasteiger partial charge in [-0.1, -0.05) is 30.3 Å². The summed E-state index contributed by atoms with van der Waals surface area (Å²) in [5, 5.41) is 2.83. The number of carbonyl (C=O) groups excluding carboxylic acids is 1. The smallest absolute Gasteiger partial charge is 0.280 e. The van der Waals surface area contributed by atoms with Gasteiger partial charge in [-0.25, -0.2) is 0 Å². The highest BCUT2D eigenvalue weighted by Gasteiger charge is 2.41. The molecule has 0 aliphatic carbocycles. The summed E-state index contributed by atoms with van der Waals surface area (Å²) in [6.07, 6.45) is 2.48. The van der Waals surface area contributed by atoms with E-state index in [1.807, 2.05) is 30.3 Å². The van der Waals surface area contributed by atoms with E-state index in [9.17, 15) is 13.2 Å². The maximum atomic E-state index is 12.5. The van der Waals surface area contributed by atoms with Crippen LogP contribution in [0.1, 0.15) is 23.8 Å². The SMILES string of the molecule is CN1[C@@H](C(=O)NCCc2ccccc2)C[C@@H](c2ccco2)NS1(=O)=O. The number of hydrogen-bond acceptors (Lipinski definition) is 4. The maximum Gasteiger partial charge on any atom is 0.280 e. The molecule has 8 heteroatoms. The van der Waals surface area contributed by atoms with Crippen molar-refractivity contribution in [2.24, 2.45) is 0 Å². The van der Waals surface area contributed by atoms with E-state index in [1.54, 1.807) is 12.1 Å². The van der Waals surface area contributed by atoms with Gasteiger partial charge in [-0.3, -0.25) is 4.79 Å². The van der Waals surface area contributed by atoms with Crippen molar-refractivity contribution in [3.05, 3.63) is 60.1 Å². The van der Waals surface area contributed by atoms with Gasteiger partial charge in [0.2, 0.25) is 5.91 Å². The average Bonchev–Trinajstić information content (AvgIpc) is 3.12. The quantitative estimate of drug-likeness (QED) is 0.835. The summed E-state index contributed by atoms with van der Waals surface area (Å²) in [5.41, 5.74) is 1.11. The topological polar surface area (TPSA) is 91.7 Å². The first-order valence-corrected chi connectivity index (χ1v) is 9.52. The van der Waals surface area contributed by atoms with E-state index < -0.39 is 22.3 Å². The Morgan fingerprint density at radius 2 is 2.04 bits per heavy atom. The lowest BCUT2D eigenvalue weighted by Gasteiger charge is -2.35.